The molecule has 3 aromatic rings. The molecule has 0 bridgehead atoms. The molecule has 2 N–H and O–H groups in total. The fourth-order valence-corrected chi connectivity index (χ4v) is 6.73. The number of likely N-dealkylation sites (tertiary alicyclic amines) is 1. The Balaban J connectivity index is 1.45. The third-order valence-corrected chi connectivity index (χ3v) is 8.69. The number of aryl methyl sites for hydroxylation is 2. The van der Waals surface area contributed by atoms with Crippen molar-refractivity contribution in [3.63, 3.8) is 0 Å². The molecule has 5 rings (SSSR count). The van der Waals surface area contributed by atoms with Crippen molar-refractivity contribution in [2.75, 3.05) is 27.2 Å². The Morgan fingerprint density at radius 2 is 2.08 bits per heavy atom. The summed E-state index contributed by atoms with van der Waals surface area (Å²) >= 11 is 0. The van der Waals surface area contributed by atoms with Crippen molar-refractivity contribution in [3.8, 4) is 17.8 Å². The third kappa shape index (κ3) is 4.26. The highest BCUT2D eigenvalue weighted by atomic mass is 16.4. The molecule has 3 unspecified atom stereocenters. The predicted molar refractivity (Wildman–Crippen MR) is 146 cm³/mol. The highest BCUT2D eigenvalue weighted by Gasteiger charge is 2.60. The number of fused-ring (bicyclic) bond motifs is 2. The maximum atomic E-state index is 12.4. The lowest BCUT2D eigenvalue weighted by atomic mass is 9.72. The van der Waals surface area contributed by atoms with Crippen LogP contribution in [0.25, 0.3) is 27.0 Å². The Kier molecular flexibility index (Phi) is 6.47. The van der Waals surface area contributed by atoms with Gasteiger partial charge in [-0.3, -0.25) is 9.69 Å². The van der Waals surface area contributed by atoms with Gasteiger partial charge in [0.1, 0.15) is 5.56 Å². The van der Waals surface area contributed by atoms with Crippen LogP contribution in [-0.4, -0.2) is 69.2 Å². The molecule has 8 heteroatoms. The van der Waals surface area contributed by atoms with Crippen molar-refractivity contribution in [1.29, 1.82) is 0 Å². The van der Waals surface area contributed by atoms with Gasteiger partial charge in [-0.1, -0.05) is 17.8 Å². The van der Waals surface area contributed by atoms with Crippen molar-refractivity contribution in [2.24, 2.45) is 13.0 Å². The van der Waals surface area contributed by atoms with E-state index in [1.807, 2.05) is 13.0 Å². The number of pyridine rings is 1. The lowest BCUT2D eigenvalue weighted by Gasteiger charge is -2.36. The molecular weight excluding hydrogens is 466 g/mol. The standard InChI is InChI=1S/C29H35N5O3/c1-6-18-14-22(28(36)37)27(35)31-26(18)19-9-10-24-20(12-19)13-21(33(24)5)15-34-16-23-25(32(3)4)8-7-11-29(23,17-34)30-2/h2,9-10,12-14,23,25H,6-8,11,15-17H2,1,3-5H3,(H-,31,35,36,37)/p+1. The summed E-state index contributed by atoms with van der Waals surface area (Å²) < 4.78 is 2.23. The number of aromatic nitrogens is 2. The van der Waals surface area contributed by atoms with E-state index in [-0.39, 0.29) is 11.1 Å². The topological polar surface area (TPSA) is 85.9 Å². The number of hydrogen-bond acceptors (Lipinski definition) is 4. The van der Waals surface area contributed by atoms with Crippen LogP contribution in [0.2, 0.25) is 0 Å². The van der Waals surface area contributed by atoms with E-state index in [0.29, 0.717) is 24.1 Å². The molecule has 1 aliphatic carbocycles. The summed E-state index contributed by atoms with van der Waals surface area (Å²) in [5.41, 5.74) is 3.69. The van der Waals surface area contributed by atoms with E-state index in [1.165, 1.54) is 18.2 Å². The predicted octanol–water partition coefficient (Wildman–Crippen LogP) is 4.04. The first-order valence-electron chi connectivity index (χ1n) is 13.1. The van der Waals surface area contributed by atoms with Crippen LogP contribution in [0.3, 0.4) is 0 Å². The maximum Gasteiger partial charge on any atom is 0.341 e. The molecule has 2 aliphatic rings. The second-order valence-electron chi connectivity index (χ2n) is 11.0. The highest BCUT2D eigenvalue weighted by molar-refractivity contribution is 5.89. The average molecular weight is 503 g/mol. The molecule has 3 atom stereocenters. The summed E-state index contributed by atoms with van der Waals surface area (Å²) in [7, 11) is 6.41. The zero-order valence-electron chi connectivity index (χ0n) is 22.1. The number of nitrogens with one attached hydrogen (secondary N) is 1. The van der Waals surface area contributed by atoms with Gasteiger partial charge in [0.05, 0.1) is 18.2 Å². The quantitative estimate of drug-likeness (QED) is 0.531. The lowest BCUT2D eigenvalue weighted by Crippen LogP contribution is -2.50. The minimum absolute atomic E-state index is 0.171. The van der Waals surface area contributed by atoms with Gasteiger partial charge in [-0.2, -0.15) is 0 Å². The molecule has 37 heavy (non-hydrogen) atoms. The first kappa shape index (κ1) is 25.2. The number of carboxylic acids is 1. The molecule has 3 heterocycles. The zero-order chi connectivity index (χ0) is 26.5. The molecule has 1 saturated heterocycles. The van der Waals surface area contributed by atoms with E-state index in [0.717, 1.165) is 54.5 Å². The van der Waals surface area contributed by atoms with Gasteiger partial charge in [-0.05, 0) is 68.8 Å². The summed E-state index contributed by atoms with van der Waals surface area (Å²) in [6, 6.07) is 10.3. The van der Waals surface area contributed by atoms with Gasteiger partial charge in [0.2, 0.25) is 0 Å². The molecule has 1 saturated carbocycles. The third-order valence-electron chi connectivity index (χ3n) is 8.69. The Hall–Kier alpha value is -3.41. The van der Waals surface area contributed by atoms with Gasteiger partial charge in [-0.25, -0.2) is 4.79 Å². The number of carboxylic acid groups (broad SMARTS) is 1. The van der Waals surface area contributed by atoms with E-state index in [4.69, 9.17) is 6.57 Å². The normalized spacial score (nSPS) is 23.9. The molecule has 0 amide bonds. The number of aromatic carboxylic acids is 1. The Labute approximate surface area is 217 Å². The van der Waals surface area contributed by atoms with Gasteiger partial charge < -0.3 is 19.6 Å². The first-order chi connectivity index (χ1) is 17.7. The van der Waals surface area contributed by atoms with Crippen molar-refractivity contribution < 1.29 is 9.90 Å². The van der Waals surface area contributed by atoms with E-state index in [9.17, 15) is 14.7 Å². The number of benzene rings is 1. The second-order valence-corrected chi connectivity index (χ2v) is 11.0. The highest BCUT2D eigenvalue weighted by Crippen LogP contribution is 2.44. The van der Waals surface area contributed by atoms with Crippen LogP contribution in [0.1, 0.15) is 47.8 Å². The number of carbonyl (C=O) groups is 1. The van der Waals surface area contributed by atoms with E-state index < -0.39 is 11.5 Å². The van der Waals surface area contributed by atoms with Crippen LogP contribution in [0.15, 0.2) is 35.1 Å². The molecule has 0 spiro atoms. The van der Waals surface area contributed by atoms with E-state index >= 15 is 0 Å². The summed E-state index contributed by atoms with van der Waals surface area (Å²) in [4.78, 5) is 35.9. The van der Waals surface area contributed by atoms with Crippen molar-refractivity contribution >= 4 is 16.9 Å². The summed E-state index contributed by atoms with van der Waals surface area (Å²) in [5, 5.41) is 10.4. The molecule has 8 nitrogen and oxygen atoms in total. The largest absolute Gasteiger partial charge is 0.477 e. The monoisotopic (exact) mass is 502 g/mol. The number of nitrogens with zero attached hydrogens (tertiary/aromatic N) is 4. The molecule has 1 aliphatic heterocycles. The zero-order valence-corrected chi connectivity index (χ0v) is 22.1. The molecule has 194 valence electrons. The molecular formula is C29H36N5O3+. The molecule has 2 aromatic heterocycles. The van der Waals surface area contributed by atoms with Crippen molar-refractivity contribution in [1.82, 2.24) is 19.4 Å². The number of H-pyrrole nitrogens is 1. The van der Waals surface area contributed by atoms with Crippen LogP contribution >= 0.6 is 0 Å². The SMILES string of the molecule is C#[N+]C12CCCC(N(C)C)C1CN(Cc1cc3cc(-c4[nH]c(=O)c(C(=O)O)cc4CC)ccc3n1C)C2. The lowest BCUT2D eigenvalue weighted by molar-refractivity contribution is 0.0695. The smallest absolute Gasteiger partial charge is 0.341 e. The van der Waals surface area contributed by atoms with E-state index in [1.54, 1.807) is 0 Å². The van der Waals surface area contributed by atoms with Crippen molar-refractivity contribution in [2.45, 2.75) is 50.7 Å². The molecule has 0 radical (unpaired) electrons. The number of rotatable bonds is 6. The van der Waals surface area contributed by atoms with Gasteiger partial charge in [-0.15, -0.1) is 0 Å². The Morgan fingerprint density at radius 3 is 2.76 bits per heavy atom. The average Bonchev–Trinajstić information content (AvgIpc) is 3.40. The van der Waals surface area contributed by atoms with E-state index in [2.05, 4.69) is 63.5 Å². The summed E-state index contributed by atoms with van der Waals surface area (Å²) in [5.74, 6) is -0.783. The summed E-state index contributed by atoms with van der Waals surface area (Å²) in [6.07, 6.45) is 4.00. The van der Waals surface area contributed by atoms with Gasteiger partial charge >= 0.3 is 5.97 Å². The maximum absolute atomic E-state index is 12.4. The first-order valence-corrected chi connectivity index (χ1v) is 13.1. The van der Waals surface area contributed by atoms with Gasteiger partial charge in [0.25, 0.3) is 17.7 Å². The van der Waals surface area contributed by atoms with Crippen LogP contribution < -0.4 is 5.56 Å². The minimum atomic E-state index is -1.21. The van der Waals surface area contributed by atoms with Crippen LogP contribution in [0, 0.1) is 12.5 Å². The minimum Gasteiger partial charge on any atom is -0.477 e. The Bertz CT molecular complexity index is 1460. The fraction of sp³-hybridized carbons (Fsp3) is 0.483. The van der Waals surface area contributed by atoms with Crippen LogP contribution in [0.4, 0.5) is 0 Å². The second kappa shape index (κ2) is 9.47. The molecule has 1 aromatic carbocycles. The van der Waals surface area contributed by atoms with Crippen LogP contribution in [-0.2, 0) is 20.0 Å². The van der Waals surface area contributed by atoms with Gasteiger partial charge in [0, 0.05) is 49.2 Å². The van der Waals surface area contributed by atoms with Crippen LogP contribution in [0.5, 0.6) is 0 Å². The number of hydrogen-bond donors (Lipinski definition) is 2. The van der Waals surface area contributed by atoms with Crippen molar-refractivity contribution in [3.05, 3.63) is 62.4 Å². The fourth-order valence-electron chi connectivity index (χ4n) is 6.73. The summed E-state index contributed by atoms with van der Waals surface area (Å²) in [6.45, 7) is 10.7. The Morgan fingerprint density at radius 1 is 1.30 bits per heavy atom. The molecule has 2 fully saturated rings. The number of aromatic amines is 1. The van der Waals surface area contributed by atoms with Gasteiger partial charge in [0.15, 0.2) is 0 Å².